The van der Waals surface area contributed by atoms with Gasteiger partial charge < -0.3 is 2.85 Å². The minimum absolute atomic E-state index is 0. The van der Waals surface area contributed by atoms with E-state index in [1.807, 2.05) is 0 Å². The van der Waals surface area contributed by atoms with Crippen LogP contribution in [0.2, 0.25) is 0 Å². The van der Waals surface area contributed by atoms with Gasteiger partial charge in [-0.25, -0.2) is 0 Å². The van der Waals surface area contributed by atoms with Gasteiger partial charge >= 0.3 is 59.1 Å². The quantitative estimate of drug-likeness (QED) is 0.334. The van der Waals surface area contributed by atoms with E-state index in [4.69, 9.17) is 0 Å². The van der Waals surface area contributed by atoms with Crippen molar-refractivity contribution in [3.63, 3.8) is 0 Å². The van der Waals surface area contributed by atoms with Crippen molar-refractivity contribution in [3.8, 4) is 0 Å². The van der Waals surface area contributed by atoms with E-state index in [0.29, 0.717) is 0 Å². The van der Waals surface area contributed by atoms with E-state index in [1.165, 1.54) is 37.2 Å². The molecule has 0 amide bonds. The molecule has 0 spiro atoms. The second-order valence-electron chi connectivity index (χ2n) is 2.32. The molecule has 0 saturated heterocycles. The molecule has 0 aromatic heterocycles. The molecule has 0 N–H and O–H groups in total. The maximum Gasteiger partial charge on any atom is 1.00 e. The van der Waals surface area contributed by atoms with E-state index in [2.05, 4.69) is 25.6 Å². The smallest absolute Gasteiger partial charge is 1.00 e. The van der Waals surface area contributed by atoms with Crippen LogP contribution in [0.25, 0.3) is 0 Å². The van der Waals surface area contributed by atoms with Gasteiger partial charge in [-0.1, -0.05) is 26.7 Å². The molecular weight excluding hydrogens is 174 g/mol. The summed E-state index contributed by atoms with van der Waals surface area (Å²) >= 11 is 2.10. The van der Waals surface area contributed by atoms with Crippen LogP contribution in [0.1, 0.15) is 42.4 Å². The van der Waals surface area contributed by atoms with Gasteiger partial charge in [0, 0.05) is 0 Å². The van der Waals surface area contributed by atoms with Crippen LogP contribution in [0, 0.1) is 0 Å². The molecule has 0 rings (SSSR count). The van der Waals surface area contributed by atoms with Crippen LogP contribution in [-0.4, -0.2) is 11.5 Å². The first-order chi connectivity index (χ1) is 4.41. The van der Waals surface area contributed by atoms with Crippen molar-refractivity contribution in [1.29, 1.82) is 0 Å². The third-order valence-electron chi connectivity index (χ3n) is 1.28. The van der Waals surface area contributed by atoms with Gasteiger partial charge in [0.1, 0.15) is 0 Å². The number of hydrogen-bond donors (Lipinski definition) is 0. The fraction of sp³-hybridized carbons (Fsp3) is 1.00. The Morgan fingerprint density at radius 1 is 0.909 bits per heavy atom. The summed E-state index contributed by atoms with van der Waals surface area (Å²) in [6, 6.07) is 0. The first kappa shape index (κ1) is 19.0. The van der Waals surface area contributed by atoms with Crippen LogP contribution in [0.15, 0.2) is 0 Å². The molecule has 0 radical (unpaired) electrons. The third kappa shape index (κ3) is 19.0. The Balaban J connectivity index is -0.0000000533. The average Bonchev–Trinajstić information content (AvgIpc) is 1.89. The van der Waals surface area contributed by atoms with Crippen LogP contribution in [0.4, 0.5) is 0 Å². The number of rotatable bonds is 6. The molecule has 0 nitrogen and oxygen atoms in total. The Labute approximate surface area is 123 Å². The molecule has 0 aliphatic heterocycles. The first-order valence-corrected chi connectivity index (χ1v) is 5.15. The van der Waals surface area contributed by atoms with E-state index in [9.17, 15) is 0 Å². The van der Waals surface area contributed by atoms with Crippen molar-refractivity contribution in [2.75, 3.05) is 11.5 Å². The van der Waals surface area contributed by atoms with Gasteiger partial charge in [0.05, 0.1) is 0 Å². The molecule has 0 aliphatic rings. The fourth-order valence-corrected chi connectivity index (χ4v) is 1.78. The SMILES string of the molecule is CCCCSCCCC.[H-].[H-].[Na+].[Na+]. The molecule has 0 unspecified atom stereocenters. The largest absolute Gasteiger partial charge is 1.00 e. The zero-order valence-electron chi connectivity index (χ0n) is 10.7. The maximum atomic E-state index is 2.25. The number of thioether (sulfide) groups is 1. The Morgan fingerprint density at radius 3 is 1.55 bits per heavy atom. The van der Waals surface area contributed by atoms with Crippen LogP contribution >= 0.6 is 11.8 Å². The minimum Gasteiger partial charge on any atom is -1.00 e. The van der Waals surface area contributed by atoms with Gasteiger partial charge in [0.2, 0.25) is 0 Å². The third-order valence-corrected chi connectivity index (χ3v) is 2.44. The minimum atomic E-state index is 0. The molecule has 0 aromatic carbocycles. The maximum absolute atomic E-state index is 2.25. The molecule has 0 saturated carbocycles. The molecule has 0 fully saturated rings. The summed E-state index contributed by atoms with van der Waals surface area (Å²) in [5, 5.41) is 0. The number of unbranched alkanes of at least 4 members (excludes halogenated alkanes) is 2. The van der Waals surface area contributed by atoms with Gasteiger partial charge in [0.15, 0.2) is 0 Å². The Kier molecular flexibility index (Phi) is 31.4. The molecule has 0 aliphatic carbocycles. The molecular formula is C8H20Na2S. The predicted molar refractivity (Wildman–Crippen MR) is 49.4 cm³/mol. The zero-order valence-corrected chi connectivity index (χ0v) is 13.5. The van der Waals surface area contributed by atoms with Crippen LogP contribution in [-0.2, 0) is 0 Å². The van der Waals surface area contributed by atoms with E-state index in [1.54, 1.807) is 0 Å². The topological polar surface area (TPSA) is 0 Å². The Bertz CT molecular complexity index is 53.4. The Hall–Kier alpha value is 2.35. The second-order valence-corrected chi connectivity index (χ2v) is 3.54. The summed E-state index contributed by atoms with van der Waals surface area (Å²) in [7, 11) is 0. The summed E-state index contributed by atoms with van der Waals surface area (Å²) in [6.45, 7) is 4.50. The fourth-order valence-electron chi connectivity index (χ4n) is 0.595. The number of hydrogen-bond acceptors (Lipinski definition) is 1. The van der Waals surface area contributed by atoms with Crippen molar-refractivity contribution in [1.82, 2.24) is 0 Å². The normalized spacial score (nSPS) is 8.18. The van der Waals surface area contributed by atoms with Gasteiger partial charge in [-0.2, -0.15) is 11.8 Å². The molecule has 0 bridgehead atoms. The predicted octanol–water partition coefficient (Wildman–Crippen LogP) is -2.45. The zero-order chi connectivity index (χ0) is 6.95. The monoisotopic (exact) mass is 194 g/mol. The van der Waals surface area contributed by atoms with Crippen molar-refractivity contribution >= 4 is 11.8 Å². The van der Waals surface area contributed by atoms with Crippen molar-refractivity contribution in [3.05, 3.63) is 0 Å². The van der Waals surface area contributed by atoms with E-state index >= 15 is 0 Å². The molecule has 11 heavy (non-hydrogen) atoms. The molecule has 0 atom stereocenters. The van der Waals surface area contributed by atoms with Crippen LogP contribution < -0.4 is 59.1 Å². The molecule has 0 aromatic rings. The van der Waals surface area contributed by atoms with Crippen molar-refractivity contribution < 1.29 is 62.0 Å². The molecule has 3 heteroatoms. The van der Waals surface area contributed by atoms with Gasteiger partial charge in [-0.3, -0.25) is 0 Å². The first-order valence-electron chi connectivity index (χ1n) is 3.99. The molecule has 0 heterocycles. The van der Waals surface area contributed by atoms with Gasteiger partial charge in [0.25, 0.3) is 0 Å². The molecule has 60 valence electrons. The Morgan fingerprint density at radius 2 is 1.27 bits per heavy atom. The van der Waals surface area contributed by atoms with E-state index in [0.717, 1.165) is 0 Å². The van der Waals surface area contributed by atoms with Crippen molar-refractivity contribution in [2.24, 2.45) is 0 Å². The van der Waals surface area contributed by atoms with Crippen LogP contribution in [0.3, 0.4) is 0 Å². The van der Waals surface area contributed by atoms with Gasteiger partial charge in [-0.05, 0) is 24.3 Å². The summed E-state index contributed by atoms with van der Waals surface area (Å²) in [5.41, 5.74) is 0. The van der Waals surface area contributed by atoms with E-state index < -0.39 is 0 Å². The summed E-state index contributed by atoms with van der Waals surface area (Å²) in [4.78, 5) is 0. The van der Waals surface area contributed by atoms with Gasteiger partial charge in [-0.15, -0.1) is 0 Å². The van der Waals surface area contributed by atoms with Crippen molar-refractivity contribution in [2.45, 2.75) is 39.5 Å². The second kappa shape index (κ2) is 18.2. The summed E-state index contributed by atoms with van der Waals surface area (Å²) in [6.07, 6.45) is 5.49. The summed E-state index contributed by atoms with van der Waals surface area (Å²) in [5.74, 6) is 2.74. The average molecular weight is 194 g/mol. The van der Waals surface area contributed by atoms with E-state index in [-0.39, 0.29) is 62.0 Å². The standard InChI is InChI=1S/C8H18S.2Na.2H/c1-3-5-7-9-8-6-4-2;;;;/h3-8H2,1-2H3;;;;/q;2*+1;2*-1. The van der Waals surface area contributed by atoms with Crippen LogP contribution in [0.5, 0.6) is 0 Å². The summed E-state index contributed by atoms with van der Waals surface area (Å²) < 4.78 is 0.